The second-order valence-electron chi connectivity index (χ2n) is 2.93. The quantitative estimate of drug-likeness (QED) is 0.626. The van der Waals surface area contributed by atoms with Crippen LogP contribution in [0.4, 0.5) is 5.82 Å². The van der Waals surface area contributed by atoms with Crippen molar-refractivity contribution in [2.24, 2.45) is 0 Å². The molecule has 2 heterocycles. The SMILES string of the molecule is N#Cc1cc(N2CC(O)C2)ncn1. The molecule has 5 nitrogen and oxygen atoms in total. The zero-order valence-electron chi connectivity index (χ0n) is 6.88. The molecular weight excluding hydrogens is 168 g/mol. The Morgan fingerprint density at radius 3 is 2.92 bits per heavy atom. The number of nitrogens with zero attached hydrogens (tertiary/aromatic N) is 4. The lowest BCUT2D eigenvalue weighted by Gasteiger charge is -2.36. The fourth-order valence-electron chi connectivity index (χ4n) is 1.22. The topological polar surface area (TPSA) is 73.0 Å². The highest BCUT2D eigenvalue weighted by molar-refractivity contribution is 5.44. The summed E-state index contributed by atoms with van der Waals surface area (Å²) >= 11 is 0. The maximum absolute atomic E-state index is 9.06. The number of rotatable bonds is 1. The van der Waals surface area contributed by atoms with Gasteiger partial charge in [0.2, 0.25) is 0 Å². The van der Waals surface area contributed by atoms with E-state index in [1.165, 1.54) is 6.33 Å². The molecule has 1 fully saturated rings. The summed E-state index contributed by atoms with van der Waals surface area (Å²) in [6, 6.07) is 3.56. The van der Waals surface area contributed by atoms with Crippen molar-refractivity contribution in [3.8, 4) is 6.07 Å². The summed E-state index contributed by atoms with van der Waals surface area (Å²) in [6.07, 6.45) is 1.10. The van der Waals surface area contributed by atoms with E-state index in [9.17, 15) is 0 Å². The van der Waals surface area contributed by atoms with E-state index in [2.05, 4.69) is 9.97 Å². The van der Waals surface area contributed by atoms with Crippen LogP contribution in [0.5, 0.6) is 0 Å². The predicted octanol–water partition coefficient (Wildman–Crippen LogP) is -0.471. The maximum Gasteiger partial charge on any atom is 0.145 e. The molecule has 5 heteroatoms. The maximum atomic E-state index is 9.06. The first-order chi connectivity index (χ1) is 6.29. The van der Waals surface area contributed by atoms with E-state index >= 15 is 0 Å². The van der Waals surface area contributed by atoms with E-state index in [0.717, 1.165) is 0 Å². The Hall–Kier alpha value is -1.67. The van der Waals surface area contributed by atoms with Gasteiger partial charge in [-0.3, -0.25) is 0 Å². The Morgan fingerprint density at radius 2 is 2.31 bits per heavy atom. The third-order valence-corrected chi connectivity index (χ3v) is 1.95. The van der Waals surface area contributed by atoms with Crippen molar-refractivity contribution in [3.05, 3.63) is 18.1 Å². The third-order valence-electron chi connectivity index (χ3n) is 1.95. The van der Waals surface area contributed by atoms with Crippen molar-refractivity contribution in [1.29, 1.82) is 5.26 Å². The monoisotopic (exact) mass is 176 g/mol. The summed E-state index contributed by atoms with van der Waals surface area (Å²) in [4.78, 5) is 9.65. The highest BCUT2D eigenvalue weighted by Crippen LogP contribution is 2.17. The standard InChI is InChI=1S/C8H8N4O/c9-2-6-1-8(11-5-10-6)12-3-7(13)4-12/h1,5,7,13H,3-4H2. The van der Waals surface area contributed by atoms with Crippen LogP contribution < -0.4 is 4.90 Å². The van der Waals surface area contributed by atoms with Crippen molar-refractivity contribution in [1.82, 2.24) is 9.97 Å². The smallest absolute Gasteiger partial charge is 0.145 e. The van der Waals surface area contributed by atoms with Crippen LogP contribution >= 0.6 is 0 Å². The molecule has 0 aliphatic carbocycles. The molecule has 0 unspecified atom stereocenters. The Labute approximate surface area is 75.3 Å². The van der Waals surface area contributed by atoms with Gasteiger partial charge in [-0.15, -0.1) is 0 Å². The first-order valence-electron chi connectivity index (χ1n) is 3.95. The van der Waals surface area contributed by atoms with Gasteiger partial charge in [0.15, 0.2) is 0 Å². The summed E-state index contributed by atoms with van der Waals surface area (Å²) in [7, 11) is 0. The van der Waals surface area contributed by atoms with E-state index in [-0.39, 0.29) is 6.10 Å². The van der Waals surface area contributed by atoms with Crippen LogP contribution in [0.3, 0.4) is 0 Å². The van der Waals surface area contributed by atoms with Crippen molar-refractivity contribution in [3.63, 3.8) is 0 Å². The minimum absolute atomic E-state index is 0.263. The predicted molar refractivity (Wildman–Crippen MR) is 45.0 cm³/mol. The van der Waals surface area contributed by atoms with Gasteiger partial charge in [-0.05, 0) is 0 Å². The number of aromatic nitrogens is 2. The van der Waals surface area contributed by atoms with Crippen LogP contribution in [0.15, 0.2) is 12.4 Å². The first-order valence-corrected chi connectivity index (χ1v) is 3.95. The highest BCUT2D eigenvalue weighted by Gasteiger charge is 2.25. The van der Waals surface area contributed by atoms with Gasteiger partial charge in [-0.2, -0.15) is 5.26 Å². The molecule has 1 aliphatic heterocycles. The molecule has 0 amide bonds. The third kappa shape index (κ3) is 1.44. The van der Waals surface area contributed by atoms with Gasteiger partial charge in [0, 0.05) is 19.2 Å². The Balaban J connectivity index is 2.18. The normalized spacial score (nSPS) is 16.5. The molecule has 0 saturated carbocycles. The number of anilines is 1. The van der Waals surface area contributed by atoms with E-state index < -0.39 is 0 Å². The molecule has 66 valence electrons. The molecule has 1 saturated heterocycles. The number of hydrogen-bond donors (Lipinski definition) is 1. The molecule has 0 aromatic carbocycles. The van der Waals surface area contributed by atoms with Gasteiger partial charge in [-0.1, -0.05) is 0 Å². The van der Waals surface area contributed by atoms with Crippen LogP contribution in [0, 0.1) is 11.3 Å². The van der Waals surface area contributed by atoms with E-state index in [1.54, 1.807) is 6.07 Å². The number of aliphatic hydroxyl groups is 1. The van der Waals surface area contributed by atoms with Gasteiger partial charge in [0.1, 0.15) is 23.9 Å². The van der Waals surface area contributed by atoms with Gasteiger partial charge >= 0.3 is 0 Å². The van der Waals surface area contributed by atoms with Crippen LogP contribution in [0.1, 0.15) is 5.69 Å². The van der Waals surface area contributed by atoms with E-state index in [0.29, 0.717) is 24.6 Å². The average Bonchev–Trinajstić information content (AvgIpc) is 2.13. The van der Waals surface area contributed by atoms with Crippen molar-refractivity contribution in [2.75, 3.05) is 18.0 Å². The number of β-amino-alcohol motifs (C(OH)–C–C–N with tert-alkyl or cyclic N) is 1. The molecule has 13 heavy (non-hydrogen) atoms. The van der Waals surface area contributed by atoms with Crippen LogP contribution in [-0.2, 0) is 0 Å². The van der Waals surface area contributed by atoms with Gasteiger partial charge in [-0.25, -0.2) is 9.97 Å². The molecular formula is C8H8N4O. The minimum atomic E-state index is -0.263. The summed E-state index contributed by atoms with van der Waals surface area (Å²) in [5, 5.41) is 17.6. The zero-order chi connectivity index (χ0) is 9.26. The number of aliphatic hydroxyl groups excluding tert-OH is 1. The molecule has 1 aromatic heterocycles. The second-order valence-corrected chi connectivity index (χ2v) is 2.93. The fraction of sp³-hybridized carbons (Fsp3) is 0.375. The fourth-order valence-corrected chi connectivity index (χ4v) is 1.22. The molecule has 2 rings (SSSR count). The molecule has 0 bridgehead atoms. The lowest BCUT2D eigenvalue weighted by Crippen LogP contribution is -2.51. The Morgan fingerprint density at radius 1 is 1.54 bits per heavy atom. The van der Waals surface area contributed by atoms with E-state index in [4.69, 9.17) is 10.4 Å². The molecule has 1 aliphatic rings. The zero-order valence-corrected chi connectivity index (χ0v) is 6.88. The van der Waals surface area contributed by atoms with Crippen LogP contribution in [-0.4, -0.2) is 34.3 Å². The molecule has 1 aromatic rings. The Bertz CT molecular complexity index is 353. The summed E-state index contributed by atoms with van der Waals surface area (Å²) in [6.45, 7) is 1.17. The Kier molecular flexibility index (Phi) is 1.83. The average molecular weight is 176 g/mol. The molecule has 0 atom stereocenters. The van der Waals surface area contributed by atoms with Crippen molar-refractivity contribution in [2.45, 2.75) is 6.10 Å². The lowest BCUT2D eigenvalue weighted by atomic mass is 10.2. The number of nitriles is 1. The lowest BCUT2D eigenvalue weighted by molar-refractivity contribution is 0.141. The van der Waals surface area contributed by atoms with Crippen molar-refractivity contribution < 1.29 is 5.11 Å². The van der Waals surface area contributed by atoms with Gasteiger partial charge < -0.3 is 10.0 Å². The molecule has 1 N–H and O–H groups in total. The summed E-state index contributed by atoms with van der Waals surface area (Å²) < 4.78 is 0. The highest BCUT2D eigenvalue weighted by atomic mass is 16.3. The van der Waals surface area contributed by atoms with Crippen LogP contribution in [0.25, 0.3) is 0 Å². The molecule has 0 radical (unpaired) electrons. The van der Waals surface area contributed by atoms with E-state index in [1.807, 2.05) is 11.0 Å². The molecule has 0 spiro atoms. The summed E-state index contributed by atoms with van der Waals surface area (Å²) in [5.74, 6) is 0.705. The van der Waals surface area contributed by atoms with Gasteiger partial charge in [0.05, 0.1) is 6.10 Å². The largest absolute Gasteiger partial charge is 0.389 e. The first kappa shape index (κ1) is 7.95. The van der Waals surface area contributed by atoms with Crippen LogP contribution in [0.2, 0.25) is 0 Å². The summed E-state index contributed by atoms with van der Waals surface area (Å²) in [5.41, 5.74) is 0.353. The second kappa shape index (κ2) is 2.99. The van der Waals surface area contributed by atoms with Gasteiger partial charge in [0.25, 0.3) is 0 Å². The minimum Gasteiger partial charge on any atom is -0.389 e. The van der Waals surface area contributed by atoms with Crippen molar-refractivity contribution >= 4 is 5.82 Å². The number of hydrogen-bond acceptors (Lipinski definition) is 5.